The first-order valence-corrected chi connectivity index (χ1v) is 11.8. The molecule has 4 rings (SSSR count). The molecule has 1 aliphatic heterocycles. The Kier molecular flexibility index (Phi) is 13.5. The molecule has 6 heteroatoms. The number of carbonyl (C=O) groups excluding carboxylic acids is 1. The van der Waals surface area contributed by atoms with Crippen LogP contribution in [0.2, 0.25) is 5.02 Å². The second kappa shape index (κ2) is 15.5. The number of nitriles is 1. The fraction of sp³-hybridized carbons (Fsp3) is 0.481. The number of likely N-dealkylation sites (tertiary alicyclic amines) is 1. The molecule has 2 aliphatic rings. The number of halogens is 3. The summed E-state index contributed by atoms with van der Waals surface area (Å²) >= 11 is 5.71. The van der Waals surface area contributed by atoms with Gasteiger partial charge in [-0.1, -0.05) is 37.6 Å². The van der Waals surface area contributed by atoms with Crippen molar-refractivity contribution in [2.24, 2.45) is 11.8 Å². The highest BCUT2D eigenvalue weighted by Gasteiger charge is 2.19. The average molecular weight is 477 g/mol. The smallest absolute Gasteiger partial charge is 0.129 e. The highest BCUT2D eigenvalue weighted by molar-refractivity contribution is 6.31. The molecule has 1 heterocycles. The molecule has 2 aromatic rings. The second-order valence-corrected chi connectivity index (χ2v) is 9.09. The molecule has 1 atom stereocenters. The van der Waals surface area contributed by atoms with Gasteiger partial charge >= 0.3 is 0 Å². The van der Waals surface area contributed by atoms with E-state index < -0.39 is 11.6 Å². The standard InChI is InChI=1S/C8H6ClN.C8H8F2.C6H13N.C5H8O/c1-6-2-3-7(5-10)8(9)4-6;1-2-6-3-4-7(9)5-8(6)10;1-6-3-4-7(2)5-6;6-4-3-5-1-2-5/h2-4H,1H3;3-5H,2H2,1H3;6H,3-5H2,1-2H3;4-5H,1-3H2. The minimum Gasteiger partial charge on any atom is -0.306 e. The van der Waals surface area contributed by atoms with Crippen LogP contribution in [-0.4, -0.2) is 31.3 Å². The van der Waals surface area contributed by atoms with Crippen molar-refractivity contribution in [3.8, 4) is 6.07 Å². The minimum atomic E-state index is -0.519. The van der Waals surface area contributed by atoms with Crippen LogP contribution in [0, 0.1) is 41.7 Å². The largest absolute Gasteiger partial charge is 0.306 e. The Morgan fingerprint density at radius 3 is 2.24 bits per heavy atom. The maximum absolute atomic E-state index is 12.6. The van der Waals surface area contributed by atoms with Crippen molar-refractivity contribution in [2.45, 2.75) is 52.9 Å². The summed E-state index contributed by atoms with van der Waals surface area (Å²) in [6.45, 7) is 8.69. The zero-order chi connectivity index (χ0) is 24.8. The van der Waals surface area contributed by atoms with Crippen molar-refractivity contribution in [2.75, 3.05) is 20.1 Å². The topological polar surface area (TPSA) is 44.1 Å². The fourth-order valence-corrected chi connectivity index (χ4v) is 3.44. The van der Waals surface area contributed by atoms with E-state index in [2.05, 4.69) is 18.9 Å². The van der Waals surface area contributed by atoms with Crippen molar-refractivity contribution in [3.05, 3.63) is 69.7 Å². The van der Waals surface area contributed by atoms with E-state index in [1.165, 1.54) is 44.5 Å². The lowest BCUT2D eigenvalue weighted by molar-refractivity contribution is -0.108. The van der Waals surface area contributed by atoms with Crippen molar-refractivity contribution in [1.29, 1.82) is 5.26 Å². The number of nitrogens with zero attached hydrogens (tertiary/aromatic N) is 2. The third-order valence-corrected chi connectivity index (χ3v) is 5.71. The number of aryl methyl sites for hydroxylation is 2. The van der Waals surface area contributed by atoms with Gasteiger partial charge in [0, 0.05) is 19.0 Å². The van der Waals surface area contributed by atoms with E-state index in [1.807, 2.05) is 26.0 Å². The molecule has 2 fully saturated rings. The summed E-state index contributed by atoms with van der Waals surface area (Å²) in [5.41, 5.74) is 2.16. The monoisotopic (exact) mass is 476 g/mol. The van der Waals surface area contributed by atoms with Crippen molar-refractivity contribution in [3.63, 3.8) is 0 Å². The summed E-state index contributed by atoms with van der Waals surface area (Å²) in [6.07, 6.45) is 6.40. The predicted octanol–water partition coefficient (Wildman–Crippen LogP) is 6.99. The fourth-order valence-electron chi connectivity index (χ4n) is 3.16. The van der Waals surface area contributed by atoms with Gasteiger partial charge in [0.25, 0.3) is 0 Å². The maximum atomic E-state index is 12.6. The summed E-state index contributed by atoms with van der Waals surface area (Å²) in [5, 5.41) is 9.00. The number of carbonyl (C=O) groups is 1. The van der Waals surface area contributed by atoms with E-state index in [0.29, 0.717) is 22.6 Å². The summed E-state index contributed by atoms with van der Waals surface area (Å²) in [7, 11) is 2.18. The Morgan fingerprint density at radius 2 is 1.88 bits per heavy atom. The van der Waals surface area contributed by atoms with E-state index in [4.69, 9.17) is 16.9 Å². The molecule has 0 radical (unpaired) electrons. The Bertz CT molecular complexity index is 901. The molecule has 0 amide bonds. The molecule has 0 spiro atoms. The van der Waals surface area contributed by atoms with Gasteiger partial charge in [0.1, 0.15) is 24.0 Å². The molecule has 3 nitrogen and oxygen atoms in total. The molecular weight excluding hydrogens is 442 g/mol. The highest BCUT2D eigenvalue weighted by Crippen LogP contribution is 2.30. The number of hydrogen-bond acceptors (Lipinski definition) is 3. The van der Waals surface area contributed by atoms with Gasteiger partial charge in [-0.15, -0.1) is 0 Å². The quantitative estimate of drug-likeness (QED) is 0.448. The summed E-state index contributed by atoms with van der Waals surface area (Å²) < 4.78 is 24.9. The van der Waals surface area contributed by atoms with Crippen molar-refractivity contribution in [1.82, 2.24) is 4.90 Å². The Hall–Kier alpha value is -2.29. The Labute approximate surface area is 202 Å². The number of benzene rings is 2. The average Bonchev–Trinajstić information content (AvgIpc) is 3.51. The SMILES string of the molecule is CC1CCN(C)C1.CCc1ccc(F)cc1F.Cc1ccc(C#N)c(Cl)c1.O=CCC1CC1. The van der Waals surface area contributed by atoms with Crippen LogP contribution in [0.5, 0.6) is 0 Å². The molecule has 0 aromatic heterocycles. The van der Waals surface area contributed by atoms with Crippen molar-refractivity contribution >= 4 is 17.9 Å². The van der Waals surface area contributed by atoms with Gasteiger partial charge in [0.15, 0.2) is 0 Å². The van der Waals surface area contributed by atoms with Gasteiger partial charge < -0.3 is 9.69 Å². The van der Waals surface area contributed by atoms with Gasteiger partial charge in [0.2, 0.25) is 0 Å². The summed E-state index contributed by atoms with van der Waals surface area (Å²) in [4.78, 5) is 12.0. The zero-order valence-corrected chi connectivity index (χ0v) is 20.8. The van der Waals surface area contributed by atoms with Crippen LogP contribution in [0.15, 0.2) is 36.4 Å². The first kappa shape index (κ1) is 28.7. The Morgan fingerprint density at radius 1 is 1.18 bits per heavy atom. The molecule has 1 saturated carbocycles. The third-order valence-electron chi connectivity index (χ3n) is 5.39. The van der Waals surface area contributed by atoms with Crippen LogP contribution in [-0.2, 0) is 11.2 Å². The molecule has 1 aliphatic carbocycles. The van der Waals surface area contributed by atoms with Crippen molar-refractivity contribution < 1.29 is 13.6 Å². The van der Waals surface area contributed by atoms with Gasteiger partial charge in [-0.2, -0.15) is 5.26 Å². The van der Waals surface area contributed by atoms with Gasteiger partial charge in [0.05, 0.1) is 10.6 Å². The zero-order valence-electron chi connectivity index (χ0n) is 20.1. The van der Waals surface area contributed by atoms with Crippen LogP contribution in [0.1, 0.15) is 56.2 Å². The maximum Gasteiger partial charge on any atom is 0.129 e. The van der Waals surface area contributed by atoms with Gasteiger partial charge in [-0.25, -0.2) is 8.78 Å². The van der Waals surface area contributed by atoms with E-state index in [9.17, 15) is 13.6 Å². The molecule has 2 aromatic carbocycles. The third kappa shape index (κ3) is 12.5. The first-order chi connectivity index (χ1) is 15.7. The minimum absolute atomic E-state index is 0.456. The van der Waals surface area contributed by atoms with Crippen LogP contribution in [0.3, 0.4) is 0 Å². The molecule has 180 valence electrons. The van der Waals surface area contributed by atoms with E-state index in [0.717, 1.165) is 36.2 Å². The molecule has 33 heavy (non-hydrogen) atoms. The summed E-state index contributed by atoms with van der Waals surface area (Å²) in [6, 6.07) is 11.0. The number of aldehydes is 1. The predicted molar refractivity (Wildman–Crippen MR) is 131 cm³/mol. The number of rotatable bonds is 3. The molecular formula is C27H35ClF2N2O. The molecule has 0 bridgehead atoms. The lowest BCUT2D eigenvalue weighted by Gasteiger charge is -2.03. The highest BCUT2D eigenvalue weighted by atomic mass is 35.5. The molecule has 0 N–H and O–H groups in total. The van der Waals surface area contributed by atoms with Crippen LogP contribution < -0.4 is 0 Å². The second-order valence-electron chi connectivity index (χ2n) is 8.69. The molecule has 1 unspecified atom stereocenters. The van der Waals surface area contributed by atoms with E-state index >= 15 is 0 Å². The van der Waals surface area contributed by atoms with E-state index in [1.54, 1.807) is 12.1 Å². The first-order valence-electron chi connectivity index (χ1n) is 11.4. The lowest BCUT2D eigenvalue weighted by atomic mass is 10.1. The van der Waals surface area contributed by atoms with Crippen LogP contribution in [0.25, 0.3) is 0 Å². The Balaban J connectivity index is 0.000000225. The number of hydrogen-bond donors (Lipinski definition) is 0. The normalized spacial score (nSPS) is 16.7. The van der Waals surface area contributed by atoms with Gasteiger partial charge in [-0.3, -0.25) is 0 Å². The van der Waals surface area contributed by atoms with Gasteiger partial charge in [-0.05, 0) is 87.4 Å². The molecule has 1 saturated heterocycles. The van der Waals surface area contributed by atoms with Crippen LogP contribution >= 0.6 is 11.6 Å². The van der Waals surface area contributed by atoms with E-state index in [-0.39, 0.29) is 0 Å². The lowest BCUT2D eigenvalue weighted by Crippen LogP contribution is -2.12. The van der Waals surface area contributed by atoms with Crippen LogP contribution in [0.4, 0.5) is 8.78 Å². The summed E-state index contributed by atoms with van der Waals surface area (Å²) in [5.74, 6) is 0.754.